The second kappa shape index (κ2) is 5.18. The third kappa shape index (κ3) is 2.28. The number of allylic oxidation sites excluding steroid dienone is 1. The molecule has 0 aliphatic carbocycles. The smallest absolute Gasteiger partial charge is 0.0436 e. The first kappa shape index (κ1) is 11.2. The van der Waals surface area contributed by atoms with E-state index in [0.29, 0.717) is 5.88 Å². The van der Waals surface area contributed by atoms with Crippen molar-refractivity contribution in [2.45, 2.75) is 13.3 Å². The fourth-order valence-electron chi connectivity index (χ4n) is 1.83. The van der Waals surface area contributed by atoms with Gasteiger partial charge in [0, 0.05) is 5.88 Å². The Labute approximate surface area is 102 Å². The Kier molecular flexibility index (Phi) is 3.63. The second-order valence-corrected chi connectivity index (χ2v) is 4.13. The van der Waals surface area contributed by atoms with Gasteiger partial charge in [-0.2, -0.15) is 0 Å². The van der Waals surface area contributed by atoms with Gasteiger partial charge in [-0.15, -0.1) is 11.6 Å². The van der Waals surface area contributed by atoms with E-state index in [9.17, 15) is 0 Å². The van der Waals surface area contributed by atoms with E-state index in [1.54, 1.807) is 0 Å². The van der Waals surface area contributed by atoms with Crippen molar-refractivity contribution >= 4 is 28.4 Å². The summed E-state index contributed by atoms with van der Waals surface area (Å²) in [5, 5.41) is 2.57. The summed E-state index contributed by atoms with van der Waals surface area (Å²) in [6.45, 7) is 2.14. The molecule has 0 unspecified atom stereocenters. The fourth-order valence-corrected chi connectivity index (χ4v) is 2.10. The van der Waals surface area contributed by atoms with Gasteiger partial charge < -0.3 is 0 Å². The summed E-state index contributed by atoms with van der Waals surface area (Å²) in [4.78, 5) is 0. The first-order chi connectivity index (χ1) is 7.85. The van der Waals surface area contributed by atoms with Crippen molar-refractivity contribution in [2.75, 3.05) is 5.88 Å². The van der Waals surface area contributed by atoms with Crippen molar-refractivity contribution < 1.29 is 0 Å². The lowest BCUT2D eigenvalue weighted by Gasteiger charge is -2.04. The van der Waals surface area contributed by atoms with Crippen LogP contribution in [-0.2, 0) is 0 Å². The fraction of sp³-hybridized carbons (Fsp3) is 0.200. The first-order valence-electron chi connectivity index (χ1n) is 5.58. The number of halogens is 1. The van der Waals surface area contributed by atoms with Gasteiger partial charge in [-0.3, -0.25) is 0 Å². The lowest BCUT2D eigenvalue weighted by Crippen LogP contribution is -1.84. The molecule has 0 nitrogen and oxygen atoms in total. The molecule has 82 valence electrons. The van der Waals surface area contributed by atoms with Crippen molar-refractivity contribution in [1.29, 1.82) is 0 Å². The third-order valence-electron chi connectivity index (χ3n) is 2.81. The van der Waals surface area contributed by atoms with Gasteiger partial charge in [0.15, 0.2) is 0 Å². The van der Waals surface area contributed by atoms with Gasteiger partial charge in [0.05, 0.1) is 0 Å². The number of alkyl halides is 1. The average Bonchev–Trinajstić information content (AvgIpc) is 2.36. The summed E-state index contributed by atoms with van der Waals surface area (Å²) in [6.07, 6.45) is 3.21. The van der Waals surface area contributed by atoms with E-state index in [-0.39, 0.29) is 0 Å². The second-order valence-electron chi connectivity index (χ2n) is 3.86. The molecule has 0 bridgehead atoms. The van der Waals surface area contributed by atoms with Crippen LogP contribution >= 0.6 is 11.6 Å². The zero-order valence-electron chi connectivity index (χ0n) is 9.41. The van der Waals surface area contributed by atoms with Crippen molar-refractivity contribution in [3.8, 4) is 0 Å². The van der Waals surface area contributed by atoms with E-state index < -0.39 is 0 Å². The Morgan fingerprint density at radius 1 is 1.12 bits per heavy atom. The van der Waals surface area contributed by atoms with Crippen molar-refractivity contribution in [2.24, 2.45) is 0 Å². The molecule has 0 heterocycles. The maximum Gasteiger partial charge on any atom is 0.0436 e. The van der Waals surface area contributed by atoms with Gasteiger partial charge in [0.25, 0.3) is 0 Å². The van der Waals surface area contributed by atoms with E-state index in [1.165, 1.54) is 21.9 Å². The predicted octanol–water partition coefficient (Wildman–Crippen LogP) is 4.87. The molecule has 0 amide bonds. The molecular weight excluding hydrogens is 216 g/mol. The molecule has 0 saturated carbocycles. The Bertz CT molecular complexity index is 500. The van der Waals surface area contributed by atoms with Crippen LogP contribution in [0.2, 0.25) is 0 Å². The Morgan fingerprint density at radius 3 is 2.62 bits per heavy atom. The molecule has 2 aromatic rings. The maximum absolute atomic E-state index is 5.90. The van der Waals surface area contributed by atoms with E-state index in [4.69, 9.17) is 11.6 Å². The highest BCUT2D eigenvalue weighted by atomic mass is 35.5. The zero-order chi connectivity index (χ0) is 11.4. The zero-order valence-corrected chi connectivity index (χ0v) is 10.2. The molecule has 0 aliphatic heterocycles. The van der Waals surface area contributed by atoms with Crippen LogP contribution in [0.15, 0.2) is 48.0 Å². The van der Waals surface area contributed by atoms with Crippen molar-refractivity contribution in [1.82, 2.24) is 0 Å². The quantitative estimate of drug-likeness (QED) is 0.660. The minimum absolute atomic E-state index is 0.611. The molecule has 0 fully saturated rings. The molecule has 0 spiro atoms. The standard InChI is InChI=1S/C15H15Cl/c1-2-12(11-16)10-14-8-5-7-13-6-3-4-9-15(13)14/h3-10H,2,11H2,1H3. The molecule has 0 N–H and O–H groups in total. The summed E-state index contributed by atoms with van der Waals surface area (Å²) in [5.41, 5.74) is 2.54. The number of hydrogen-bond acceptors (Lipinski definition) is 0. The highest BCUT2D eigenvalue weighted by Gasteiger charge is 1.98. The minimum atomic E-state index is 0.611. The highest BCUT2D eigenvalue weighted by Crippen LogP contribution is 2.21. The Hall–Kier alpha value is -1.27. The molecule has 2 rings (SSSR count). The lowest BCUT2D eigenvalue weighted by atomic mass is 10.0. The molecule has 0 aromatic heterocycles. The highest BCUT2D eigenvalue weighted by molar-refractivity contribution is 6.19. The SMILES string of the molecule is CCC(=Cc1cccc2ccccc12)CCl. The summed E-state index contributed by atoms with van der Waals surface area (Å²) in [6, 6.07) is 14.8. The molecule has 0 radical (unpaired) electrons. The molecule has 0 saturated heterocycles. The lowest BCUT2D eigenvalue weighted by molar-refractivity contribution is 1.12. The van der Waals surface area contributed by atoms with Crippen LogP contribution in [0.5, 0.6) is 0 Å². The Balaban J connectivity index is 2.56. The molecule has 2 aromatic carbocycles. The minimum Gasteiger partial charge on any atom is -0.122 e. The number of rotatable bonds is 3. The molecule has 0 atom stereocenters. The Morgan fingerprint density at radius 2 is 1.88 bits per heavy atom. The van der Waals surface area contributed by atoms with Crippen LogP contribution in [0, 0.1) is 0 Å². The van der Waals surface area contributed by atoms with Crippen LogP contribution in [0.1, 0.15) is 18.9 Å². The third-order valence-corrected chi connectivity index (χ3v) is 3.15. The monoisotopic (exact) mass is 230 g/mol. The number of fused-ring (bicyclic) bond motifs is 1. The molecular formula is C15H15Cl. The van der Waals surface area contributed by atoms with Crippen LogP contribution in [0.25, 0.3) is 16.8 Å². The topological polar surface area (TPSA) is 0 Å². The molecule has 1 heteroatoms. The molecule has 0 aliphatic rings. The van der Waals surface area contributed by atoms with Gasteiger partial charge in [-0.05, 0) is 22.8 Å². The van der Waals surface area contributed by atoms with E-state index in [1.807, 2.05) is 0 Å². The van der Waals surface area contributed by atoms with Crippen LogP contribution in [0.4, 0.5) is 0 Å². The van der Waals surface area contributed by atoms with E-state index >= 15 is 0 Å². The predicted molar refractivity (Wildman–Crippen MR) is 72.9 cm³/mol. The molecule has 16 heavy (non-hydrogen) atoms. The number of hydrogen-bond donors (Lipinski definition) is 0. The largest absolute Gasteiger partial charge is 0.122 e. The summed E-state index contributed by atoms with van der Waals surface area (Å²) < 4.78 is 0. The van der Waals surface area contributed by atoms with E-state index in [0.717, 1.165) is 6.42 Å². The van der Waals surface area contributed by atoms with Crippen molar-refractivity contribution in [3.63, 3.8) is 0 Å². The maximum atomic E-state index is 5.90. The number of benzene rings is 2. The van der Waals surface area contributed by atoms with Gasteiger partial charge in [-0.25, -0.2) is 0 Å². The summed E-state index contributed by atoms with van der Waals surface area (Å²) in [7, 11) is 0. The van der Waals surface area contributed by atoms with Gasteiger partial charge >= 0.3 is 0 Å². The van der Waals surface area contributed by atoms with Crippen LogP contribution in [0.3, 0.4) is 0 Å². The average molecular weight is 231 g/mol. The van der Waals surface area contributed by atoms with Gasteiger partial charge in [-0.1, -0.05) is 61.0 Å². The van der Waals surface area contributed by atoms with E-state index in [2.05, 4.69) is 55.5 Å². The van der Waals surface area contributed by atoms with Crippen LogP contribution < -0.4 is 0 Å². The summed E-state index contributed by atoms with van der Waals surface area (Å²) >= 11 is 5.90. The van der Waals surface area contributed by atoms with Crippen molar-refractivity contribution in [3.05, 3.63) is 53.6 Å². The summed E-state index contributed by atoms with van der Waals surface area (Å²) in [5.74, 6) is 0.611. The van der Waals surface area contributed by atoms with Crippen LogP contribution in [-0.4, -0.2) is 5.88 Å². The van der Waals surface area contributed by atoms with Gasteiger partial charge in [0.2, 0.25) is 0 Å². The first-order valence-corrected chi connectivity index (χ1v) is 6.11. The normalized spacial score (nSPS) is 12.0. The van der Waals surface area contributed by atoms with Gasteiger partial charge in [0.1, 0.15) is 0 Å².